The topological polar surface area (TPSA) is 50.4 Å². The van der Waals surface area contributed by atoms with E-state index < -0.39 is 0 Å². The van der Waals surface area contributed by atoms with Gasteiger partial charge in [-0.25, -0.2) is 0 Å². The average molecular weight is 228 g/mol. The van der Waals surface area contributed by atoms with Crippen LogP contribution in [0, 0.1) is 5.92 Å². The molecule has 0 aromatic rings. The van der Waals surface area contributed by atoms with Crippen molar-refractivity contribution in [2.75, 3.05) is 33.4 Å². The van der Waals surface area contributed by atoms with Gasteiger partial charge in [-0.1, -0.05) is 0 Å². The SMILES string of the molecule is CNCCCC(=O)NCCC1CCOCC1. The molecule has 94 valence electrons. The standard InChI is InChI=1S/C12H24N2O2/c1-13-7-2-3-12(15)14-8-4-11-5-9-16-10-6-11/h11,13H,2-10H2,1H3,(H,14,15). The van der Waals surface area contributed by atoms with E-state index in [2.05, 4.69) is 10.6 Å². The van der Waals surface area contributed by atoms with E-state index in [1.807, 2.05) is 7.05 Å². The molecule has 1 amide bonds. The Labute approximate surface area is 98.1 Å². The molecule has 0 unspecified atom stereocenters. The van der Waals surface area contributed by atoms with Crippen molar-refractivity contribution in [2.45, 2.75) is 32.1 Å². The lowest BCUT2D eigenvalue weighted by atomic mass is 9.97. The third kappa shape index (κ3) is 6.08. The molecular formula is C12H24N2O2. The summed E-state index contributed by atoms with van der Waals surface area (Å²) in [6, 6.07) is 0. The van der Waals surface area contributed by atoms with Crippen molar-refractivity contribution in [3.05, 3.63) is 0 Å². The monoisotopic (exact) mass is 228 g/mol. The first-order valence-electron chi connectivity index (χ1n) is 6.32. The summed E-state index contributed by atoms with van der Waals surface area (Å²) in [5.74, 6) is 0.925. The molecule has 0 aromatic heterocycles. The minimum absolute atomic E-state index is 0.183. The van der Waals surface area contributed by atoms with Crippen LogP contribution in [-0.4, -0.2) is 39.3 Å². The van der Waals surface area contributed by atoms with Crippen LogP contribution in [0.1, 0.15) is 32.1 Å². The smallest absolute Gasteiger partial charge is 0.220 e. The highest BCUT2D eigenvalue weighted by Gasteiger charge is 2.13. The van der Waals surface area contributed by atoms with Crippen LogP contribution in [0.2, 0.25) is 0 Å². The summed E-state index contributed by atoms with van der Waals surface area (Å²) in [6.45, 7) is 3.51. The van der Waals surface area contributed by atoms with Crippen LogP contribution in [-0.2, 0) is 9.53 Å². The summed E-state index contributed by atoms with van der Waals surface area (Å²) in [7, 11) is 1.91. The molecular weight excluding hydrogens is 204 g/mol. The molecule has 2 N–H and O–H groups in total. The van der Waals surface area contributed by atoms with Crippen molar-refractivity contribution in [2.24, 2.45) is 5.92 Å². The molecule has 1 saturated heterocycles. The van der Waals surface area contributed by atoms with Gasteiger partial charge in [-0.15, -0.1) is 0 Å². The Morgan fingerprint density at radius 1 is 1.31 bits per heavy atom. The van der Waals surface area contributed by atoms with Crippen molar-refractivity contribution < 1.29 is 9.53 Å². The van der Waals surface area contributed by atoms with E-state index in [9.17, 15) is 4.79 Å². The fourth-order valence-electron chi connectivity index (χ4n) is 1.96. The van der Waals surface area contributed by atoms with Gasteiger partial charge in [0.15, 0.2) is 0 Å². The van der Waals surface area contributed by atoms with E-state index in [1.165, 1.54) is 0 Å². The zero-order valence-corrected chi connectivity index (χ0v) is 10.3. The highest BCUT2D eigenvalue weighted by molar-refractivity contribution is 5.75. The second kappa shape index (κ2) is 8.53. The molecule has 0 atom stereocenters. The number of carbonyl (C=O) groups excluding carboxylic acids is 1. The van der Waals surface area contributed by atoms with Gasteiger partial charge in [-0.2, -0.15) is 0 Å². The maximum Gasteiger partial charge on any atom is 0.220 e. The van der Waals surface area contributed by atoms with Gasteiger partial charge in [0.2, 0.25) is 5.91 Å². The predicted octanol–water partition coefficient (Wildman–Crippen LogP) is 0.919. The average Bonchev–Trinajstić information content (AvgIpc) is 2.31. The van der Waals surface area contributed by atoms with Gasteiger partial charge in [0.25, 0.3) is 0 Å². The number of nitrogens with one attached hydrogen (secondary N) is 2. The Kier molecular flexibility index (Phi) is 7.17. The molecule has 1 aliphatic heterocycles. The lowest BCUT2D eigenvalue weighted by molar-refractivity contribution is -0.121. The number of rotatable bonds is 7. The lowest BCUT2D eigenvalue weighted by Crippen LogP contribution is -2.27. The molecule has 4 nitrogen and oxygen atoms in total. The first-order chi connectivity index (χ1) is 7.83. The molecule has 0 spiro atoms. The van der Waals surface area contributed by atoms with Crippen molar-refractivity contribution in [1.82, 2.24) is 10.6 Å². The highest BCUT2D eigenvalue weighted by atomic mass is 16.5. The quantitative estimate of drug-likeness (QED) is 0.637. The van der Waals surface area contributed by atoms with Crippen LogP contribution < -0.4 is 10.6 Å². The molecule has 1 fully saturated rings. The molecule has 16 heavy (non-hydrogen) atoms. The lowest BCUT2D eigenvalue weighted by Gasteiger charge is -2.21. The van der Waals surface area contributed by atoms with Crippen LogP contribution in [0.5, 0.6) is 0 Å². The molecule has 0 saturated carbocycles. The van der Waals surface area contributed by atoms with Gasteiger partial charge in [-0.3, -0.25) is 4.79 Å². The fraction of sp³-hybridized carbons (Fsp3) is 0.917. The molecule has 0 radical (unpaired) electrons. The third-order valence-corrected chi connectivity index (χ3v) is 3.05. The molecule has 0 aromatic carbocycles. The molecule has 1 heterocycles. The summed E-state index contributed by atoms with van der Waals surface area (Å²) >= 11 is 0. The normalized spacial score (nSPS) is 17.3. The van der Waals surface area contributed by atoms with Crippen LogP contribution >= 0.6 is 0 Å². The first-order valence-corrected chi connectivity index (χ1v) is 6.32. The Hall–Kier alpha value is -0.610. The number of hydrogen-bond acceptors (Lipinski definition) is 3. The summed E-state index contributed by atoms with van der Waals surface area (Å²) in [5.41, 5.74) is 0. The molecule has 0 bridgehead atoms. The van der Waals surface area contributed by atoms with E-state index in [1.54, 1.807) is 0 Å². The highest BCUT2D eigenvalue weighted by Crippen LogP contribution is 2.17. The van der Waals surface area contributed by atoms with Crippen LogP contribution in [0.4, 0.5) is 0 Å². The minimum Gasteiger partial charge on any atom is -0.381 e. The Balaban J connectivity index is 1.94. The Bertz CT molecular complexity index is 191. The van der Waals surface area contributed by atoms with Gasteiger partial charge in [0.05, 0.1) is 0 Å². The fourth-order valence-corrected chi connectivity index (χ4v) is 1.96. The summed E-state index contributed by atoms with van der Waals surface area (Å²) < 4.78 is 5.30. The number of ether oxygens (including phenoxy) is 1. The Morgan fingerprint density at radius 3 is 2.75 bits per heavy atom. The Morgan fingerprint density at radius 2 is 2.06 bits per heavy atom. The first kappa shape index (κ1) is 13.5. The van der Waals surface area contributed by atoms with Gasteiger partial charge < -0.3 is 15.4 Å². The summed E-state index contributed by atoms with van der Waals surface area (Å²) in [5, 5.41) is 6.02. The van der Waals surface area contributed by atoms with Gasteiger partial charge in [0, 0.05) is 26.2 Å². The number of carbonyl (C=O) groups is 1. The van der Waals surface area contributed by atoms with Gasteiger partial charge in [0.1, 0.15) is 0 Å². The van der Waals surface area contributed by atoms with E-state index in [4.69, 9.17) is 4.74 Å². The van der Waals surface area contributed by atoms with Crippen molar-refractivity contribution in [3.63, 3.8) is 0 Å². The van der Waals surface area contributed by atoms with Crippen LogP contribution in [0.3, 0.4) is 0 Å². The third-order valence-electron chi connectivity index (χ3n) is 3.05. The maximum absolute atomic E-state index is 11.4. The van der Waals surface area contributed by atoms with E-state index in [0.29, 0.717) is 6.42 Å². The van der Waals surface area contributed by atoms with E-state index in [-0.39, 0.29) is 5.91 Å². The molecule has 1 rings (SSSR count). The number of hydrogen-bond donors (Lipinski definition) is 2. The van der Waals surface area contributed by atoms with E-state index >= 15 is 0 Å². The van der Waals surface area contributed by atoms with E-state index in [0.717, 1.165) is 57.9 Å². The van der Waals surface area contributed by atoms with Crippen molar-refractivity contribution >= 4 is 5.91 Å². The van der Waals surface area contributed by atoms with Crippen LogP contribution in [0.15, 0.2) is 0 Å². The van der Waals surface area contributed by atoms with Gasteiger partial charge in [-0.05, 0) is 45.2 Å². The largest absolute Gasteiger partial charge is 0.381 e. The molecule has 4 heteroatoms. The second-order valence-corrected chi connectivity index (χ2v) is 4.40. The summed E-state index contributed by atoms with van der Waals surface area (Å²) in [4.78, 5) is 11.4. The second-order valence-electron chi connectivity index (χ2n) is 4.40. The summed E-state index contributed by atoms with van der Waals surface area (Å²) in [6.07, 6.45) is 4.95. The molecule has 0 aliphatic carbocycles. The maximum atomic E-state index is 11.4. The zero-order chi connectivity index (χ0) is 11.6. The zero-order valence-electron chi connectivity index (χ0n) is 10.3. The minimum atomic E-state index is 0.183. The number of amides is 1. The van der Waals surface area contributed by atoms with Crippen LogP contribution in [0.25, 0.3) is 0 Å². The van der Waals surface area contributed by atoms with Crippen molar-refractivity contribution in [1.29, 1.82) is 0 Å². The van der Waals surface area contributed by atoms with Crippen molar-refractivity contribution in [3.8, 4) is 0 Å². The molecule has 1 aliphatic rings. The predicted molar refractivity (Wildman–Crippen MR) is 64.3 cm³/mol. The van der Waals surface area contributed by atoms with Gasteiger partial charge >= 0.3 is 0 Å².